The molecule has 1 unspecified atom stereocenters. The molecule has 2 nitrogen and oxygen atoms in total. The second-order valence-electron chi connectivity index (χ2n) is 4.37. The maximum atomic E-state index is 9.01. The van der Waals surface area contributed by atoms with Gasteiger partial charge in [0, 0.05) is 6.54 Å². The van der Waals surface area contributed by atoms with E-state index < -0.39 is 0 Å². The number of nitriles is 1. The van der Waals surface area contributed by atoms with E-state index >= 15 is 0 Å². The molecule has 0 amide bonds. The summed E-state index contributed by atoms with van der Waals surface area (Å²) in [7, 11) is 0. The lowest BCUT2D eigenvalue weighted by molar-refractivity contribution is 0.533. The zero-order chi connectivity index (χ0) is 12.3. The van der Waals surface area contributed by atoms with Gasteiger partial charge in [0.05, 0.1) is 12.1 Å². The molecule has 2 heteroatoms. The van der Waals surface area contributed by atoms with Gasteiger partial charge in [0.2, 0.25) is 0 Å². The van der Waals surface area contributed by atoms with Crippen molar-refractivity contribution in [2.24, 2.45) is 0 Å². The molecular weight excluding hydrogens is 208 g/mol. The molecule has 0 radical (unpaired) electrons. The molecule has 0 aliphatic heterocycles. The third-order valence-corrected chi connectivity index (χ3v) is 2.90. The second-order valence-corrected chi connectivity index (χ2v) is 4.37. The van der Waals surface area contributed by atoms with Gasteiger partial charge in [-0.15, -0.1) is 0 Å². The smallest absolute Gasteiger partial charge is 0.0953 e. The first-order chi connectivity index (χ1) is 8.36. The Bertz CT molecular complexity index is 327. The molecule has 0 saturated carbocycles. The van der Waals surface area contributed by atoms with Crippen molar-refractivity contribution in [1.29, 1.82) is 5.26 Å². The Hall–Kier alpha value is -1.33. The van der Waals surface area contributed by atoms with Gasteiger partial charge >= 0.3 is 0 Å². The van der Waals surface area contributed by atoms with Crippen LogP contribution in [0.15, 0.2) is 30.3 Å². The monoisotopic (exact) mass is 230 g/mol. The SMILES string of the molecule is CCCCCC(C#N)NCCc1ccccc1. The number of hydrogen-bond donors (Lipinski definition) is 1. The van der Waals surface area contributed by atoms with Crippen molar-refractivity contribution in [3.8, 4) is 6.07 Å². The Kier molecular flexibility index (Phi) is 7.09. The standard InChI is InChI=1S/C15H22N2/c1-2-3-5-10-15(13-16)17-12-11-14-8-6-4-7-9-14/h4,6-9,15,17H,2-3,5,10-12H2,1H3. The summed E-state index contributed by atoms with van der Waals surface area (Å²) in [6, 6.07) is 12.7. The summed E-state index contributed by atoms with van der Waals surface area (Å²) in [6.07, 6.45) is 5.54. The fourth-order valence-electron chi connectivity index (χ4n) is 1.85. The Morgan fingerprint density at radius 2 is 2.00 bits per heavy atom. The van der Waals surface area contributed by atoms with Crippen LogP contribution in [0.25, 0.3) is 0 Å². The molecule has 0 fully saturated rings. The van der Waals surface area contributed by atoms with Gasteiger partial charge in [0.1, 0.15) is 0 Å². The Labute approximate surface area is 105 Å². The van der Waals surface area contributed by atoms with E-state index in [0.717, 1.165) is 25.8 Å². The fourth-order valence-corrected chi connectivity index (χ4v) is 1.85. The molecule has 0 heterocycles. The van der Waals surface area contributed by atoms with Gasteiger partial charge in [-0.2, -0.15) is 5.26 Å². The lowest BCUT2D eigenvalue weighted by atomic mass is 10.1. The Balaban J connectivity index is 2.18. The average molecular weight is 230 g/mol. The first kappa shape index (κ1) is 13.7. The summed E-state index contributed by atoms with van der Waals surface area (Å²) in [4.78, 5) is 0. The molecule has 1 atom stereocenters. The normalized spacial score (nSPS) is 12.0. The number of nitrogens with one attached hydrogen (secondary N) is 1. The number of benzene rings is 1. The average Bonchev–Trinajstić information content (AvgIpc) is 2.38. The van der Waals surface area contributed by atoms with Gasteiger partial charge in [-0.05, 0) is 18.4 Å². The highest BCUT2D eigenvalue weighted by atomic mass is 14.9. The van der Waals surface area contributed by atoms with Crippen LogP contribution in [-0.4, -0.2) is 12.6 Å². The Morgan fingerprint density at radius 1 is 1.24 bits per heavy atom. The first-order valence-electron chi connectivity index (χ1n) is 6.53. The molecular formula is C15H22N2. The zero-order valence-corrected chi connectivity index (χ0v) is 10.7. The second kappa shape index (κ2) is 8.78. The van der Waals surface area contributed by atoms with Crippen molar-refractivity contribution in [2.75, 3.05) is 6.54 Å². The van der Waals surface area contributed by atoms with E-state index in [4.69, 9.17) is 5.26 Å². The van der Waals surface area contributed by atoms with Crippen molar-refractivity contribution in [1.82, 2.24) is 5.32 Å². The summed E-state index contributed by atoms with van der Waals surface area (Å²) >= 11 is 0. The van der Waals surface area contributed by atoms with E-state index in [0.29, 0.717) is 0 Å². The minimum absolute atomic E-state index is 0.0188. The van der Waals surface area contributed by atoms with Gasteiger partial charge in [0.25, 0.3) is 0 Å². The Morgan fingerprint density at radius 3 is 2.65 bits per heavy atom. The number of nitrogens with zero attached hydrogens (tertiary/aromatic N) is 1. The van der Waals surface area contributed by atoms with Gasteiger partial charge in [-0.25, -0.2) is 0 Å². The topological polar surface area (TPSA) is 35.8 Å². The first-order valence-corrected chi connectivity index (χ1v) is 6.53. The van der Waals surface area contributed by atoms with Gasteiger partial charge < -0.3 is 5.32 Å². The summed E-state index contributed by atoms with van der Waals surface area (Å²) in [5, 5.41) is 12.3. The largest absolute Gasteiger partial charge is 0.302 e. The highest BCUT2D eigenvalue weighted by Gasteiger charge is 2.05. The van der Waals surface area contributed by atoms with E-state index in [2.05, 4.69) is 42.6 Å². The highest BCUT2D eigenvalue weighted by molar-refractivity contribution is 5.14. The maximum Gasteiger partial charge on any atom is 0.0953 e. The molecule has 0 aromatic heterocycles. The lowest BCUT2D eigenvalue weighted by Gasteiger charge is -2.10. The third-order valence-electron chi connectivity index (χ3n) is 2.90. The van der Waals surface area contributed by atoms with Gasteiger partial charge in [-0.3, -0.25) is 0 Å². The molecule has 1 rings (SSSR count). The van der Waals surface area contributed by atoms with Crippen molar-refractivity contribution in [3.05, 3.63) is 35.9 Å². The van der Waals surface area contributed by atoms with Gasteiger partial charge in [0.15, 0.2) is 0 Å². The van der Waals surface area contributed by atoms with Crippen LogP contribution in [0.4, 0.5) is 0 Å². The minimum atomic E-state index is 0.0188. The lowest BCUT2D eigenvalue weighted by Crippen LogP contribution is -2.29. The van der Waals surface area contributed by atoms with Gasteiger partial charge in [-0.1, -0.05) is 56.5 Å². The van der Waals surface area contributed by atoms with Crippen LogP contribution in [0.1, 0.15) is 38.2 Å². The third kappa shape index (κ3) is 6.09. The van der Waals surface area contributed by atoms with Crippen molar-refractivity contribution in [2.45, 2.75) is 45.1 Å². The molecule has 1 aromatic carbocycles. The van der Waals surface area contributed by atoms with Crippen LogP contribution < -0.4 is 5.32 Å². The van der Waals surface area contributed by atoms with Crippen molar-refractivity contribution >= 4 is 0 Å². The quantitative estimate of drug-likeness (QED) is 0.696. The van der Waals surface area contributed by atoms with Crippen molar-refractivity contribution in [3.63, 3.8) is 0 Å². The van der Waals surface area contributed by atoms with Crippen LogP contribution >= 0.6 is 0 Å². The van der Waals surface area contributed by atoms with Crippen molar-refractivity contribution < 1.29 is 0 Å². The molecule has 0 bridgehead atoms. The molecule has 92 valence electrons. The van der Waals surface area contributed by atoms with E-state index in [1.54, 1.807) is 0 Å². The van der Waals surface area contributed by atoms with E-state index in [9.17, 15) is 0 Å². The van der Waals surface area contributed by atoms with Crippen LogP contribution in [-0.2, 0) is 6.42 Å². The number of rotatable bonds is 8. The summed E-state index contributed by atoms with van der Waals surface area (Å²) in [5.74, 6) is 0. The van der Waals surface area contributed by atoms with Crippen LogP contribution in [0, 0.1) is 11.3 Å². The van der Waals surface area contributed by atoms with E-state index in [-0.39, 0.29) is 6.04 Å². The molecule has 1 aromatic rings. The molecule has 0 saturated heterocycles. The van der Waals surface area contributed by atoms with E-state index in [1.807, 2.05) is 6.07 Å². The predicted molar refractivity (Wildman–Crippen MR) is 71.7 cm³/mol. The molecule has 17 heavy (non-hydrogen) atoms. The predicted octanol–water partition coefficient (Wildman–Crippen LogP) is 3.29. The van der Waals surface area contributed by atoms with E-state index in [1.165, 1.54) is 18.4 Å². The molecule has 1 N–H and O–H groups in total. The molecule has 0 spiro atoms. The molecule has 0 aliphatic carbocycles. The number of unbranched alkanes of at least 4 members (excludes halogenated alkanes) is 2. The van der Waals surface area contributed by atoms with Crippen LogP contribution in [0.3, 0.4) is 0 Å². The maximum absolute atomic E-state index is 9.01. The zero-order valence-electron chi connectivity index (χ0n) is 10.7. The molecule has 0 aliphatic rings. The fraction of sp³-hybridized carbons (Fsp3) is 0.533. The number of hydrogen-bond acceptors (Lipinski definition) is 2. The van der Waals surface area contributed by atoms with Crippen LogP contribution in [0.5, 0.6) is 0 Å². The minimum Gasteiger partial charge on any atom is -0.302 e. The summed E-state index contributed by atoms with van der Waals surface area (Å²) in [5.41, 5.74) is 1.32. The summed E-state index contributed by atoms with van der Waals surface area (Å²) < 4.78 is 0. The highest BCUT2D eigenvalue weighted by Crippen LogP contribution is 2.03. The van der Waals surface area contributed by atoms with Crippen LogP contribution in [0.2, 0.25) is 0 Å². The summed E-state index contributed by atoms with van der Waals surface area (Å²) in [6.45, 7) is 3.07.